The zero-order chi connectivity index (χ0) is 24.2. The van der Waals surface area contributed by atoms with Gasteiger partial charge in [0.15, 0.2) is 11.5 Å². The Morgan fingerprint density at radius 2 is 1.83 bits per heavy atom. The molecule has 2 heterocycles. The van der Waals surface area contributed by atoms with E-state index in [1.807, 2.05) is 30.3 Å². The monoisotopic (exact) mass is 646 g/mol. The van der Waals surface area contributed by atoms with Crippen molar-refractivity contribution in [3.63, 3.8) is 0 Å². The third-order valence-electron chi connectivity index (χ3n) is 5.81. The molecule has 0 atom stereocenters. The second-order valence-electron chi connectivity index (χ2n) is 8.05. The molecule has 1 aliphatic heterocycles. The van der Waals surface area contributed by atoms with Gasteiger partial charge in [0.05, 0.1) is 31.5 Å². The van der Waals surface area contributed by atoms with Crippen molar-refractivity contribution in [1.82, 2.24) is 9.97 Å². The smallest absolute Gasteiger partial charge is 0.163 e. The van der Waals surface area contributed by atoms with E-state index in [0.29, 0.717) is 23.9 Å². The van der Waals surface area contributed by atoms with E-state index in [9.17, 15) is 0 Å². The Morgan fingerprint density at radius 3 is 2.57 bits per heavy atom. The number of hydrogen-bond donors (Lipinski definition) is 1. The first-order valence-corrected chi connectivity index (χ1v) is 13.1. The summed E-state index contributed by atoms with van der Waals surface area (Å²) in [7, 11) is 1.64. The first-order chi connectivity index (χ1) is 17.1. The van der Waals surface area contributed by atoms with Crippen LogP contribution >= 0.6 is 38.5 Å². The molecule has 1 fully saturated rings. The van der Waals surface area contributed by atoms with Gasteiger partial charge in [0.25, 0.3) is 0 Å². The quantitative estimate of drug-likeness (QED) is 0.241. The molecule has 1 N–H and O–H groups in total. The van der Waals surface area contributed by atoms with Gasteiger partial charge in [-0.1, -0.05) is 28.1 Å². The number of halogens is 2. The van der Waals surface area contributed by atoms with Gasteiger partial charge in [-0.25, -0.2) is 9.97 Å². The van der Waals surface area contributed by atoms with E-state index < -0.39 is 0 Å². The lowest BCUT2D eigenvalue weighted by atomic mass is 10.2. The standard InChI is InChI=1S/C26H24BrIN4O3/c1-33-24-13-20-23(29-16-30-26(20)31-22-7-4-18(27)12-21(22)28)14-25(24)35-15-17-2-5-19(6-3-17)32-8-10-34-11-9-32/h2-7,12-14,16H,8-11,15H2,1H3,(H,29,30,31). The van der Waals surface area contributed by atoms with Crippen LogP contribution in [-0.4, -0.2) is 43.4 Å². The highest BCUT2D eigenvalue weighted by Crippen LogP contribution is 2.36. The molecule has 35 heavy (non-hydrogen) atoms. The van der Waals surface area contributed by atoms with Gasteiger partial charge in [0.2, 0.25) is 0 Å². The average molecular weight is 647 g/mol. The number of morpholine rings is 1. The van der Waals surface area contributed by atoms with Gasteiger partial charge >= 0.3 is 0 Å². The minimum atomic E-state index is 0.429. The Morgan fingerprint density at radius 1 is 1.03 bits per heavy atom. The van der Waals surface area contributed by atoms with Crippen molar-refractivity contribution in [3.05, 3.63) is 74.5 Å². The predicted molar refractivity (Wildman–Crippen MR) is 150 cm³/mol. The van der Waals surface area contributed by atoms with Crippen LogP contribution < -0.4 is 19.7 Å². The van der Waals surface area contributed by atoms with Crippen LogP contribution in [0.2, 0.25) is 0 Å². The molecule has 0 amide bonds. The van der Waals surface area contributed by atoms with Crippen molar-refractivity contribution in [2.24, 2.45) is 0 Å². The van der Waals surface area contributed by atoms with Crippen LogP contribution in [0.25, 0.3) is 10.9 Å². The molecule has 9 heteroatoms. The van der Waals surface area contributed by atoms with Crippen LogP contribution in [0.1, 0.15) is 5.56 Å². The van der Waals surface area contributed by atoms with E-state index in [1.54, 1.807) is 13.4 Å². The first kappa shape index (κ1) is 24.1. The van der Waals surface area contributed by atoms with Gasteiger partial charge in [0, 0.05) is 38.3 Å². The molecular weight excluding hydrogens is 623 g/mol. The molecule has 0 bridgehead atoms. The largest absolute Gasteiger partial charge is 0.493 e. The van der Waals surface area contributed by atoms with E-state index in [2.05, 4.69) is 83.0 Å². The van der Waals surface area contributed by atoms with Crippen molar-refractivity contribution in [3.8, 4) is 11.5 Å². The van der Waals surface area contributed by atoms with Crippen LogP contribution in [0.3, 0.4) is 0 Å². The van der Waals surface area contributed by atoms with Crippen molar-refractivity contribution in [1.29, 1.82) is 0 Å². The molecule has 1 saturated heterocycles. The Hall–Kier alpha value is -2.63. The van der Waals surface area contributed by atoms with Crippen LogP contribution in [0, 0.1) is 3.57 Å². The Bertz CT molecular complexity index is 1330. The first-order valence-electron chi connectivity index (χ1n) is 11.2. The summed E-state index contributed by atoms with van der Waals surface area (Å²) in [6.45, 7) is 3.82. The number of nitrogens with one attached hydrogen (secondary N) is 1. The lowest BCUT2D eigenvalue weighted by Gasteiger charge is -2.28. The fourth-order valence-electron chi connectivity index (χ4n) is 3.94. The Labute approximate surface area is 226 Å². The van der Waals surface area contributed by atoms with Gasteiger partial charge in [-0.05, 0) is 64.6 Å². The normalized spacial score (nSPS) is 13.6. The van der Waals surface area contributed by atoms with Gasteiger partial charge in [-0.15, -0.1) is 0 Å². The average Bonchev–Trinajstić information content (AvgIpc) is 2.89. The van der Waals surface area contributed by atoms with Crippen LogP contribution in [0.5, 0.6) is 11.5 Å². The number of hydrogen-bond acceptors (Lipinski definition) is 7. The second-order valence-corrected chi connectivity index (χ2v) is 10.1. The van der Waals surface area contributed by atoms with E-state index in [4.69, 9.17) is 14.2 Å². The minimum absolute atomic E-state index is 0.429. The molecule has 0 saturated carbocycles. The molecule has 4 aromatic rings. The number of methoxy groups -OCH3 is 1. The highest BCUT2D eigenvalue weighted by molar-refractivity contribution is 14.1. The highest BCUT2D eigenvalue weighted by Gasteiger charge is 2.14. The summed E-state index contributed by atoms with van der Waals surface area (Å²) in [5, 5.41) is 4.27. The molecule has 1 aromatic heterocycles. The Balaban J connectivity index is 1.35. The minimum Gasteiger partial charge on any atom is -0.493 e. The SMILES string of the molecule is COc1cc2c(Nc3ccc(Br)cc3I)ncnc2cc1OCc1ccc(N2CCOCC2)cc1. The van der Waals surface area contributed by atoms with Crippen molar-refractivity contribution in [2.45, 2.75) is 6.61 Å². The van der Waals surface area contributed by atoms with Crippen molar-refractivity contribution >= 4 is 66.6 Å². The third-order valence-corrected chi connectivity index (χ3v) is 7.20. The van der Waals surface area contributed by atoms with E-state index in [0.717, 1.165) is 56.5 Å². The number of anilines is 3. The maximum atomic E-state index is 6.15. The van der Waals surface area contributed by atoms with Crippen molar-refractivity contribution < 1.29 is 14.2 Å². The molecule has 180 valence electrons. The van der Waals surface area contributed by atoms with Crippen LogP contribution in [-0.2, 0) is 11.3 Å². The molecule has 0 spiro atoms. The maximum absolute atomic E-state index is 6.15. The van der Waals surface area contributed by atoms with Gasteiger partial charge in [0.1, 0.15) is 18.8 Å². The number of ether oxygens (including phenoxy) is 3. The Kier molecular flexibility index (Phi) is 7.54. The summed E-state index contributed by atoms with van der Waals surface area (Å²) < 4.78 is 19.4. The summed E-state index contributed by atoms with van der Waals surface area (Å²) in [4.78, 5) is 11.3. The molecule has 0 unspecified atom stereocenters. The summed E-state index contributed by atoms with van der Waals surface area (Å²) in [6.07, 6.45) is 1.55. The molecular formula is C26H24BrIN4O3. The second kappa shape index (κ2) is 11.0. The number of fused-ring (bicyclic) bond motifs is 1. The molecule has 0 aliphatic carbocycles. The fourth-order valence-corrected chi connectivity index (χ4v) is 5.38. The van der Waals surface area contributed by atoms with E-state index in [-0.39, 0.29) is 0 Å². The maximum Gasteiger partial charge on any atom is 0.163 e. The van der Waals surface area contributed by atoms with Gasteiger partial charge in [-0.3, -0.25) is 0 Å². The van der Waals surface area contributed by atoms with Gasteiger partial charge < -0.3 is 24.4 Å². The summed E-state index contributed by atoms with van der Waals surface area (Å²) >= 11 is 5.80. The van der Waals surface area contributed by atoms with Crippen LogP contribution in [0.4, 0.5) is 17.2 Å². The summed E-state index contributed by atoms with van der Waals surface area (Å²) in [5.74, 6) is 1.98. The molecule has 3 aromatic carbocycles. The van der Waals surface area contributed by atoms with E-state index >= 15 is 0 Å². The number of rotatable bonds is 7. The fraction of sp³-hybridized carbons (Fsp3) is 0.231. The lowest BCUT2D eigenvalue weighted by Crippen LogP contribution is -2.36. The predicted octanol–water partition coefficient (Wildman–Crippen LogP) is 6.16. The number of benzene rings is 3. The number of nitrogens with zero attached hydrogens (tertiary/aromatic N) is 3. The van der Waals surface area contributed by atoms with Gasteiger partial charge in [-0.2, -0.15) is 0 Å². The highest BCUT2D eigenvalue weighted by atomic mass is 127. The third kappa shape index (κ3) is 5.62. The lowest BCUT2D eigenvalue weighted by molar-refractivity contribution is 0.122. The zero-order valence-electron chi connectivity index (χ0n) is 19.1. The molecule has 1 aliphatic rings. The zero-order valence-corrected chi connectivity index (χ0v) is 22.9. The summed E-state index contributed by atoms with van der Waals surface area (Å²) in [6, 6.07) is 18.3. The van der Waals surface area contributed by atoms with E-state index in [1.165, 1.54) is 5.69 Å². The molecule has 0 radical (unpaired) electrons. The summed E-state index contributed by atoms with van der Waals surface area (Å²) in [5.41, 5.74) is 4.03. The van der Waals surface area contributed by atoms with Crippen molar-refractivity contribution in [2.75, 3.05) is 43.6 Å². The molecule has 5 rings (SSSR count). The topological polar surface area (TPSA) is 68.7 Å². The van der Waals surface area contributed by atoms with Crippen LogP contribution in [0.15, 0.2) is 65.4 Å². The number of aromatic nitrogens is 2. The molecule has 7 nitrogen and oxygen atoms in total.